The van der Waals surface area contributed by atoms with Crippen molar-refractivity contribution in [2.75, 3.05) is 38.1 Å². The lowest BCUT2D eigenvalue weighted by molar-refractivity contribution is 0.0305. The molecule has 0 unspecified atom stereocenters. The van der Waals surface area contributed by atoms with Crippen LogP contribution in [0.1, 0.15) is 20.9 Å². The van der Waals surface area contributed by atoms with Gasteiger partial charge in [0.2, 0.25) is 0 Å². The molecule has 0 atom stereocenters. The molecule has 4 rings (SSSR count). The maximum absolute atomic E-state index is 13.1. The number of methoxy groups -OCH3 is 1. The van der Waals surface area contributed by atoms with E-state index in [0.717, 1.165) is 5.56 Å². The van der Waals surface area contributed by atoms with Gasteiger partial charge in [-0.25, -0.2) is 13.4 Å². The first kappa shape index (κ1) is 23.3. The molecule has 3 aromatic rings. The number of rotatable bonds is 6. The molecule has 0 spiro atoms. The maximum Gasteiger partial charge on any atom is 0.266 e. The number of hydrogen-bond donors (Lipinski definition) is 1. The SMILES string of the molecule is COc1ccc(C)cc1NS(=O)(=O)c1cc(-c2nc(C)c(C(=O)N3CCOCC3)s2)n(C)c1. The molecule has 1 fully saturated rings. The van der Waals surface area contributed by atoms with E-state index in [9.17, 15) is 13.2 Å². The molecule has 1 aliphatic heterocycles. The van der Waals surface area contributed by atoms with Crippen molar-refractivity contribution in [1.82, 2.24) is 14.5 Å². The Kier molecular flexibility index (Phi) is 6.46. The minimum Gasteiger partial charge on any atom is -0.495 e. The zero-order valence-electron chi connectivity index (χ0n) is 18.9. The third-order valence-corrected chi connectivity index (χ3v) is 7.90. The van der Waals surface area contributed by atoms with E-state index in [2.05, 4.69) is 9.71 Å². The minimum atomic E-state index is -3.87. The number of amides is 1. The number of carbonyl (C=O) groups is 1. The molecule has 11 heteroatoms. The van der Waals surface area contributed by atoms with Crippen LogP contribution in [0.3, 0.4) is 0 Å². The Hall–Kier alpha value is -2.89. The Morgan fingerprint density at radius 1 is 1.21 bits per heavy atom. The molecular formula is C22H26N4O5S2. The van der Waals surface area contributed by atoms with Gasteiger partial charge in [-0.05, 0) is 37.6 Å². The molecule has 2 aromatic heterocycles. The number of morpholine rings is 1. The summed E-state index contributed by atoms with van der Waals surface area (Å²) in [6.07, 6.45) is 1.53. The van der Waals surface area contributed by atoms with E-state index < -0.39 is 10.0 Å². The van der Waals surface area contributed by atoms with Crippen molar-refractivity contribution in [2.24, 2.45) is 7.05 Å². The van der Waals surface area contributed by atoms with Crippen LogP contribution in [-0.2, 0) is 21.8 Å². The van der Waals surface area contributed by atoms with Crippen LogP contribution in [0, 0.1) is 13.8 Å². The number of nitrogens with zero attached hydrogens (tertiary/aromatic N) is 3. The van der Waals surface area contributed by atoms with Crippen LogP contribution in [0.2, 0.25) is 0 Å². The summed E-state index contributed by atoms with van der Waals surface area (Å²) in [5, 5.41) is 0.584. The van der Waals surface area contributed by atoms with E-state index in [1.165, 1.54) is 24.6 Å². The monoisotopic (exact) mass is 490 g/mol. The van der Waals surface area contributed by atoms with Crippen molar-refractivity contribution in [3.05, 3.63) is 46.6 Å². The summed E-state index contributed by atoms with van der Waals surface area (Å²) in [7, 11) is -0.631. The number of anilines is 1. The van der Waals surface area contributed by atoms with Gasteiger partial charge >= 0.3 is 0 Å². The fraction of sp³-hybridized carbons (Fsp3) is 0.364. The first-order valence-corrected chi connectivity index (χ1v) is 12.7. The summed E-state index contributed by atoms with van der Waals surface area (Å²) >= 11 is 1.27. The number of benzene rings is 1. The summed E-state index contributed by atoms with van der Waals surface area (Å²) in [6, 6.07) is 6.84. The third kappa shape index (κ3) is 4.75. The lowest BCUT2D eigenvalue weighted by Crippen LogP contribution is -2.40. The highest BCUT2D eigenvalue weighted by molar-refractivity contribution is 7.92. The van der Waals surface area contributed by atoms with Gasteiger partial charge in [0.15, 0.2) is 0 Å². The van der Waals surface area contributed by atoms with Crippen molar-refractivity contribution in [3.8, 4) is 16.5 Å². The number of ether oxygens (including phenoxy) is 2. The largest absolute Gasteiger partial charge is 0.495 e. The molecule has 33 heavy (non-hydrogen) atoms. The van der Waals surface area contributed by atoms with E-state index in [4.69, 9.17) is 9.47 Å². The van der Waals surface area contributed by atoms with Gasteiger partial charge in [-0.2, -0.15) is 0 Å². The average molecular weight is 491 g/mol. The molecule has 9 nitrogen and oxygen atoms in total. The summed E-state index contributed by atoms with van der Waals surface area (Å²) in [5.74, 6) is 0.358. The Morgan fingerprint density at radius 2 is 1.94 bits per heavy atom. The average Bonchev–Trinajstić information content (AvgIpc) is 3.36. The second kappa shape index (κ2) is 9.16. The standard InChI is InChI=1S/C22H26N4O5S2/c1-14-5-6-19(30-4)17(11-14)24-33(28,29)16-12-18(25(3)13-16)21-23-15(2)20(32-21)22(27)26-7-9-31-10-8-26/h5-6,11-13,24H,7-10H2,1-4H3. The van der Waals surface area contributed by atoms with E-state index in [1.54, 1.807) is 41.6 Å². The first-order valence-electron chi connectivity index (χ1n) is 10.4. The Bertz CT molecular complexity index is 1290. The highest BCUT2D eigenvalue weighted by atomic mass is 32.2. The van der Waals surface area contributed by atoms with Crippen molar-refractivity contribution >= 4 is 33.0 Å². The predicted molar refractivity (Wildman–Crippen MR) is 127 cm³/mol. The topological polar surface area (TPSA) is 103 Å². The van der Waals surface area contributed by atoms with Gasteiger partial charge in [-0.1, -0.05) is 6.07 Å². The van der Waals surface area contributed by atoms with Crippen molar-refractivity contribution in [2.45, 2.75) is 18.7 Å². The van der Waals surface area contributed by atoms with E-state index in [0.29, 0.717) is 59.0 Å². The second-order valence-electron chi connectivity index (χ2n) is 7.82. The van der Waals surface area contributed by atoms with Crippen LogP contribution in [-0.4, -0.2) is 62.2 Å². The fourth-order valence-electron chi connectivity index (χ4n) is 3.61. The van der Waals surface area contributed by atoms with Crippen LogP contribution in [0.5, 0.6) is 5.75 Å². The van der Waals surface area contributed by atoms with Gasteiger partial charge in [-0.3, -0.25) is 9.52 Å². The van der Waals surface area contributed by atoms with Gasteiger partial charge in [0.1, 0.15) is 20.5 Å². The number of hydrogen-bond acceptors (Lipinski definition) is 7. The predicted octanol–water partition coefficient (Wildman–Crippen LogP) is 3.05. The number of aryl methyl sites for hydroxylation is 3. The first-order chi connectivity index (χ1) is 15.7. The number of aromatic nitrogens is 2. The van der Waals surface area contributed by atoms with Gasteiger partial charge in [0, 0.05) is 26.3 Å². The van der Waals surface area contributed by atoms with Crippen molar-refractivity contribution < 1.29 is 22.7 Å². The molecular weight excluding hydrogens is 464 g/mol. The maximum atomic E-state index is 13.1. The van der Waals surface area contributed by atoms with Crippen LogP contribution in [0.25, 0.3) is 10.7 Å². The van der Waals surface area contributed by atoms with E-state index in [-0.39, 0.29) is 10.8 Å². The summed E-state index contributed by atoms with van der Waals surface area (Å²) in [4.78, 5) is 19.9. The molecule has 0 aliphatic carbocycles. The zero-order valence-corrected chi connectivity index (χ0v) is 20.5. The Labute approximate surface area is 197 Å². The highest BCUT2D eigenvalue weighted by Crippen LogP contribution is 2.33. The lowest BCUT2D eigenvalue weighted by atomic mass is 10.2. The van der Waals surface area contributed by atoms with Crippen molar-refractivity contribution in [1.29, 1.82) is 0 Å². The van der Waals surface area contributed by atoms with Crippen LogP contribution < -0.4 is 9.46 Å². The number of carbonyl (C=O) groups excluding carboxylic acids is 1. The van der Waals surface area contributed by atoms with Crippen LogP contribution in [0.15, 0.2) is 35.4 Å². The quantitative estimate of drug-likeness (QED) is 0.570. The minimum absolute atomic E-state index is 0.0742. The molecule has 0 radical (unpaired) electrons. The molecule has 3 heterocycles. The van der Waals surface area contributed by atoms with Crippen LogP contribution in [0.4, 0.5) is 5.69 Å². The van der Waals surface area contributed by atoms with Gasteiger partial charge in [-0.15, -0.1) is 11.3 Å². The molecule has 1 aromatic carbocycles. The van der Waals surface area contributed by atoms with E-state index in [1.807, 2.05) is 13.0 Å². The molecule has 1 N–H and O–H groups in total. The normalized spacial score (nSPS) is 14.4. The molecule has 0 bridgehead atoms. The summed E-state index contributed by atoms with van der Waals surface area (Å²) in [5.41, 5.74) is 2.50. The van der Waals surface area contributed by atoms with Gasteiger partial charge < -0.3 is 18.9 Å². The second-order valence-corrected chi connectivity index (χ2v) is 10.5. The number of thiazole rings is 1. The van der Waals surface area contributed by atoms with Gasteiger partial charge in [0.05, 0.1) is 37.4 Å². The summed E-state index contributed by atoms with van der Waals surface area (Å²) < 4.78 is 41.1. The molecule has 1 aliphatic rings. The smallest absolute Gasteiger partial charge is 0.266 e. The van der Waals surface area contributed by atoms with Crippen molar-refractivity contribution in [3.63, 3.8) is 0 Å². The molecule has 0 saturated carbocycles. The van der Waals surface area contributed by atoms with Crippen LogP contribution >= 0.6 is 11.3 Å². The zero-order chi connectivity index (χ0) is 23.8. The van der Waals surface area contributed by atoms with Gasteiger partial charge in [0.25, 0.3) is 15.9 Å². The number of nitrogens with one attached hydrogen (secondary N) is 1. The third-order valence-electron chi connectivity index (χ3n) is 5.40. The highest BCUT2D eigenvalue weighted by Gasteiger charge is 2.26. The lowest BCUT2D eigenvalue weighted by Gasteiger charge is -2.26. The molecule has 176 valence electrons. The summed E-state index contributed by atoms with van der Waals surface area (Å²) in [6.45, 7) is 5.80. The Morgan fingerprint density at radius 3 is 2.64 bits per heavy atom. The van der Waals surface area contributed by atoms with E-state index >= 15 is 0 Å². The number of sulfonamides is 1. The molecule has 1 saturated heterocycles. The fourth-order valence-corrected chi connectivity index (χ4v) is 5.84. The molecule has 1 amide bonds. The Balaban J connectivity index is 1.62.